The van der Waals surface area contributed by atoms with Crippen molar-refractivity contribution >= 4 is 23.2 Å². The number of rotatable bonds is 8. The number of amides is 2. The second kappa shape index (κ2) is 9.65. The number of hydrogen-bond acceptors (Lipinski definition) is 4. The molecule has 0 fully saturated rings. The van der Waals surface area contributed by atoms with Crippen molar-refractivity contribution in [2.24, 2.45) is 5.41 Å². The van der Waals surface area contributed by atoms with Crippen molar-refractivity contribution < 1.29 is 9.59 Å². The Balaban J connectivity index is 1.64. The van der Waals surface area contributed by atoms with Gasteiger partial charge in [-0.25, -0.2) is 4.98 Å². The molecule has 2 aromatic rings. The summed E-state index contributed by atoms with van der Waals surface area (Å²) < 4.78 is 0. The summed E-state index contributed by atoms with van der Waals surface area (Å²) in [5.74, 6) is 0.0359. The summed E-state index contributed by atoms with van der Waals surface area (Å²) in [6.07, 6.45) is 1.87. The van der Waals surface area contributed by atoms with Crippen molar-refractivity contribution in [3.05, 3.63) is 40.2 Å². The largest absolute Gasteiger partial charge is 0.356 e. The van der Waals surface area contributed by atoms with Gasteiger partial charge in [-0.3, -0.25) is 9.59 Å². The second-order valence-corrected chi connectivity index (χ2v) is 8.72. The smallest absolute Gasteiger partial charge is 0.225 e. The molecule has 2 rings (SSSR count). The summed E-state index contributed by atoms with van der Waals surface area (Å²) in [4.78, 5) is 28.1. The predicted molar refractivity (Wildman–Crippen MR) is 111 cm³/mol. The molecule has 1 heterocycles. The third-order valence-corrected chi connectivity index (χ3v) is 4.93. The van der Waals surface area contributed by atoms with Crippen molar-refractivity contribution in [3.8, 4) is 11.3 Å². The fraction of sp³-hybridized carbons (Fsp3) is 0.476. The van der Waals surface area contributed by atoms with Crippen molar-refractivity contribution in [1.29, 1.82) is 0 Å². The van der Waals surface area contributed by atoms with Crippen LogP contribution in [0.4, 0.5) is 0 Å². The summed E-state index contributed by atoms with van der Waals surface area (Å²) in [5.41, 5.74) is 2.92. The number of benzene rings is 1. The van der Waals surface area contributed by atoms with E-state index in [4.69, 9.17) is 0 Å². The monoisotopic (exact) mass is 387 g/mol. The van der Waals surface area contributed by atoms with Crippen molar-refractivity contribution in [2.45, 2.75) is 47.0 Å². The van der Waals surface area contributed by atoms with Crippen LogP contribution in [-0.2, 0) is 16.0 Å². The number of carbonyl (C=O) groups excluding carboxylic acids is 2. The van der Waals surface area contributed by atoms with Crippen LogP contribution in [0.3, 0.4) is 0 Å². The molecule has 1 aromatic carbocycles. The first-order chi connectivity index (χ1) is 12.8. The van der Waals surface area contributed by atoms with E-state index in [0.29, 0.717) is 25.9 Å². The van der Waals surface area contributed by atoms with E-state index in [1.165, 1.54) is 5.56 Å². The van der Waals surface area contributed by atoms with Crippen LogP contribution >= 0.6 is 11.3 Å². The van der Waals surface area contributed by atoms with E-state index in [2.05, 4.69) is 45.3 Å². The van der Waals surface area contributed by atoms with Crippen LogP contribution in [0.25, 0.3) is 11.3 Å². The second-order valence-electron chi connectivity index (χ2n) is 7.66. The molecule has 2 amide bonds. The van der Waals surface area contributed by atoms with Crippen LogP contribution in [0.5, 0.6) is 0 Å². The Labute approximate surface area is 165 Å². The van der Waals surface area contributed by atoms with E-state index >= 15 is 0 Å². The zero-order valence-electron chi connectivity index (χ0n) is 16.6. The van der Waals surface area contributed by atoms with E-state index in [-0.39, 0.29) is 11.8 Å². The van der Waals surface area contributed by atoms with Crippen molar-refractivity contribution in [3.63, 3.8) is 0 Å². The number of carbonyl (C=O) groups is 2. The number of nitrogens with zero attached hydrogens (tertiary/aromatic N) is 1. The molecule has 146 valence electrons. The average Bonchev–Trinajstić information content (AvgIpc) is 3.04. The Hall–Kier alpha value is -2.21. The molecule has 0 aliphatic heterocycles. The van der Waals surface area contributed by atoms with Crippen molar-refractivity contribution in [2.75, 3.05) is 13.1 Å². The Morgan fingerprint density at radius 1 is 1.07 bits per heavy atom. The van der Waals surface area contributed by atoms with Crippen LogP contribution in [0.15, 0.2) is 29.6 Å². The third kappa shape index (κ3) is 7.13. The highest BCUT2D eigenvalue weighted by molar-refractivity contribution is 7.09. The molecule has 0 radical (unpaired) electrons. The minimum absolute atomic E-state index is 0.0131. The van der Waals surface area contributed by atoms with Gasteiger partial charge in [0.25, 0.3) is 0 Å². The van der Waals surface area contributed by atoms with Gasteiger partial charge in [0.05, 0.1) is 10.7 Å². The van der Waals surface area contributed by atoms with E-state index in [1.54, 1.807) is 11.3 Å². The molecule has 5 nitrogen and oxygen atoms in total. The maximum Gasteiger partial charge on any atom is 0.225 e. The Morgan fingerprint density at radius 2 is 1.78 bits per heavy atom. The SMILES string of the molecule is Cc1nc(-c2ccc(CCNC(=O)CCCNC(=O)C(C)(C)C)cc2)cs1. The standard InChI is InChI=1S/C21H29N3O2S/c1-15-24-18(14-27-15)17-9-7-16(8-10-17)11-13-22-19(25)6-5-12-23-20(26)21(2,3)4/h7-10,14H,5-6,11-13H2,1-4H3,(H,22,25)(H,23,26). The summed E-state index contributed by atoms with van der Waals surface area (Å²) in [6.45, 7) is 8.77. The maximum atomic E-state index is 11.9. The van der Waals surface area contributed by atoms with E-state index < -0.39 is 5.41 Å². The quantitative estimate of drug-likeness (QED) is 0.678. The molecule has 0 spiro atoms. The fourth-order valence-corrected chi connectivity index (χ4v) is 3.11. The fourth-order valence-electron chi connectivity index (χ4n) is 2.49. The molecule has 0 saturated heterocycles. The lowest BCUT2D eigenvalue weighted by molar-refractivity contribution is -0.128. The molecular weight excluding hydrogens is 358 g/mol. The van der Waals surface area contributed by atoms with Crippen LogP contribution in [-0.4, -0.2) is 29.9 Å². The highest BCUT2D eigenvalue weighted by Crippen LogP contribution is 2.21. The summed E-state index contributed by atoms with van der Waals surface area (Å²) in [5, 5.41) is 8.92. The van der Waals surface area contributed by atoms with Gasteiger partial charge in [0.2, 0.25) is 11.8 Å². The molecule has 27 heavy (non-hydrogen) atoms. The first kappa shape index (κ1) is 21.1. The molecule has 0 atom stereocenters. The molecule has 0 bridgehead atoms. The van der Waals surface area contributed by atoms with Crippen molar-refractivity contribution in [1.82, 2.24) is 15.6 Å². The average molecular weight is 388 g/mol. The molecule has 0 aliphatic carbocycles. The van der Waals surface area contributed by atoms with Crippen LogP contribution < -0.4 is 10.6 Å². The van der Waals surface area contributed by atoms with Gasteiger partial charge in [0.15, 0.2) is 0 Å². The summed E-state index contributed by atoms with van der Waals surface area (Å²) in [6, 6.07) is 8.31. The van der Waals surface area contributed by atoms with Gasteiger partial charge in [-0.15, -0.1) is 11.3 Å². The lowest BCUT2D eigenvalue weighted by Crippen LogP contribution is -2.35. The number of aromatic nitrogens is 1. The molecule has 1 aromatic heterocycles. The highest BCUT2D eigenvalue weighted by Gasteiger charge is 2.20. The van der Waals surface area contributed by atoms with Gasteiger partial charge in [0, 0.05) is 35.9 Å². The number of hydrogen-bond donors (Lipinski definition) is 2. The minimum Gasteiger partial charge on any atom is -0.356 e. The van der Waals surface area contributed by atoms with E-state index in [1.807, 2.05) is 27.7 Å². The van der Waals surface area contributed by atoms with Gasteiger partial charge < -0.3 is 10.6 Å². The van der Waals surface area contributed by atoms with Crippen LogP contribution in [0.1, 0.15) is 44.2 Å². The van der Waals surface area contributed by atoms with E-state index in [0.717, 1.165) is 22.7 Å². The molecule has 6 heteroatoms. The number of thiazole rings is 1. The predicted octanol–water partition coefficient (Wildman–Crippen LogP) is 3.72. The normalized spacial score (nSPS) is 11.3. The lowest BCUT2D eigenvalue weighted by Gasteiger charge is -2.17. The first-order valence-corrected chi connectivity index (χ1v) is 10.2. The van der Waals surface area contributed by atoms with Gasteiger partial charge in [0.1, 0.15) is 0 Å². The molecule has 0 saturated carbocycles. The Morgan fingerprint density at radius 3 is 2.37 bits per heavy atom. The van der Waals surface area contributed by atoms with Crippen LogP contribution in [0.2, 0.25) is 0 Å². The summed E-state index contributed by atoms with van der Waals surface area (Å²) >= 11 is 1.65. The van der Waals surface area contributed by atoms with Gasteiger partial charge in [-0.1, -0.05) is 45.0 Å². The molecular formula is C21H29N3O2S. The lowest BCUT2D eigenvalue weighted by atomic mass is 9.96. The Kier molecular flexibility index (Phi) is 7.54. The third-order valence-electron chi connectivity index (χ3n) is 4.15. The van der Waals surface area contributed by atoms with Gasteiger partial charge in [-0.2, -0.15) is 0 Å². The molecule has 2 N–H and O–H groups in total. The zero-order chi connectivity index (χ0) is 19.9. The minimum atomic E-state index is -0.393. The molecule has 0 unspecified atom stereocenters. The van der Waals surface area contributed by atoms with Gasteiger partial charge >= 0.3 is 0 Å². The molecule has 0 aliphatic rings. The number of aryl methyl sites for hydroxylation is 1. The number of nitrogens with one attached hydrogen (secondary N) is 2. The summed E-state index contributed by atoms with van der Waals surface area (Å²) in [7, 11) is 0. The van der Waals surface area contributed by atoms with E-state index in [9.17, 15) is 9.59 Å². The van der Waals surface area contributed by atoms with Gasteiger partial charge in [-0.05, 0) is 25.3 Å². The maximum absolute atomic E-state index is 11.9. The Bertz CT molecular complexity index is 760. The highest BCUT2D eigenvalue weighted by atomic mass is 32.1. The van der Waals surface area contributed by atoms with Crippen LogP contribution in [0, 0.1) is 12.3 Å². The topological polar surface area (TPSA) is 71.1 Å². The first-order valence-electron chi connectivity index (χ1n) is 9.32. The zero-order valence-corrected chi connectivity index (χ0v) is 17.4.